The quantitative estimate of drug-likeness (QED) is 0.626. The number of nitrogens with one attached hydrogen (secondary N) is 1. The molecule has 3 rings (SSSR count). The highest BCUT2D eigenvalue weighted by Crippen LogP contribution is 2.33. The van der Waals surface area contributed by atoms with E-state index in [1.807, 2.05) is 6.19 Å². The van der Waals surface area contributed by atoms with E-state index in [2.05, 4.69) is 10.3 Å². The third-order valence-corrected chi connectivity index (χ3v) is 5.29. The lowest BCUT2D eigenvalue weighted by atomic mass is 10.1. The van der Waals surface area contributed by atoms with Crippen LogP contribution in [0.15, 0.2) is 24.4 Å². The molecule has 3 N–H and O–H groups in total. The number of nitriles is 1. The summed E-state index contributed by atoms with van der Waals surface area (Å²) in [4.78, 5) is 29.8. The Morgan fingerprint density at radius 3 is 2.92 bits per heavy atom. The van der Waals surface area contributed by atoms with Gasteiger partial charge in [0, 0.05) is 12.7 Å². The van der Waals surface area contributed by atoms with Gasteiger partial charge in [0.2, 0.25) is 16.9 Å². The summed E-state index contributed by atoms with van der Waals surface area (Å²) >= 11 is 7.14. The molecule has 1 saturated heterocycles. The highest BCUT2D eigenvalue weighted by atomic mass is 35.5. The third-order valence-electron chi connectivity index (χ3n) is 3.93. The van der Waals surface area contributed by atoms with E-state index in [0.717, 1.165) is 11.4 Å². The SMILES string of the molecule is N#CN(C(=O)[C@H]1CCNC1)c1ncc(-c2ccc(Cl)c(C(N)=O)c2)s1. The predicted molar refractivity (Wildman–Crippen MR) is 95.2 cm³/mol. The zero-order chi connectivity index (χ0) is 18.0. The van der Waals surface area contributed by atoms with E-state index >= 15 is 0 Å². The van der Waals surface area contributed by atoms with Gasteiger partial charge in [-0.25, -0.2) is 4.98 Å². The molecule has 1 atom stereocenters. The molecular weight excluding hydrogens is 362 g/mol. The van der Waals surface area contributed by atoms with Crippen molar-refractivity contribution in [3.05, 3.63) is 35.0 Å². The topological polar surface area (TPSA) is 112 Å². The summed E-state index contributed by atoms with van der Waals surface area (Å²) < 4.78 is 0. The van der Waals surface area contributed by atoms with Crippen molar-refractivity contribution in [3.8, 4) is 16.6 Å². The van der Waals surface area contributed by atoms with E-state index in [1.165, 1.54) is 11.3 Å². The number of rotatable bonds is 4. The molecule has 1 aromatic heterocycles. The molecule has 1 aliphatic heterocycles. The zero-order valence-electron chi connectivity index (χ0n) is 13.0. The number of nitrogens with two attached hydrogens (primary N) is 1. The van der Waals surface area contributed by atoms with Gasteiger partial charge < -0.3 is 11.1 Å². The first kappa shape index (κ1) is 17.4. The number of benzene rings is 1. The Morgan fingerprint density at radius 2 is 2.28 bits per heavy atom. The van der Waals surface area contributed by atoms with Crippen LogP contribution in [-0.2, 0) is 4.79 Å². The fourth-order valence-corrected chi connectivity index (χ4v) is 3.69. The first-order chi connectivity index (χ1) is 12.0. The Hall–Kier alpha value is -2.47. The van der Waals surface area contributed by atoms with Gasteiger partial charge in [-0.05, 0) is 30.7 Å². The van der Waals surface area contributed by atoms with Crippen molar-refractivity contribution in [1.82, 2.24) is 10.3 Å². The molecule has 0 unspecified atom stereocenters. The molecule has 2 aromatic rings. The van der Waals surface area contributed by atoms with Crippen molar-refractivity contribution in [2.75, 3.05) is 18.0 Å². The normalized spacial score (nSPS) is 16.4. The van der Waals surface area contributed by atoms with Crippen LogP contribution < -0.4 is 16.0 Å². The number of nitrogens with zero attached hydrogens (tertiary/aromatic N) is 3. The average molecular weight is 376 g/mol. The summed E-state index contributed by atoms with van der Waals surface area (Å²) in [5.74, 6) is -1.11. The summed E-state index contributed by atoms with van der Waals surface area (Å²) in [6.45, 7) is 1.33. The van der Waals surface area contributed by atoms with Crippen LogP contribution in [0.1, 0.15) is 16.8 Å². The molecule has 0 saturated carbocycles. The average Bonchev–Trinajstić information content (AvgIpc) is 3.27. The summed E-state index contributed by atoms with van der Waals surface area (Å²) in [5, 5.41) is 13.0. The smallest absolute Gasteiger partial charge is 0.250 e. The van der Waals surface area contributed by atoms with E-state index in [4.69, 9.17) is 17.3 Å². The van der Waals surface area contributed by atoms with Gasteiger partial charge in [0.05, 0.1) is 21.4 Å². The Morgan fingerprint density at radius 1 is 1.48 bits per heavy atom. The highest BCUT2D eigenvalue weighted by Gasteiger charge is 2.29. The van der Waals surface area contributed by atoms with Crippen LogP contribution in [0.25, 0.3) is 10.4 Å². The maximum Gasteiger partial charge on any atom is 0.250 e. The number of carbonyl (C=O) groups excluding carboxylic acids is 2. The second kappa shape index (κ2) is 7.19. The molecule has 1 fully saturated rings. The summed E-state index contributed by atoms with van der Waals surface area (Å²) in [6, 6.07) is 4.88. The second-order valence-corrected chi connectivity index (χ2v) is 6.95. The molecule has 0 spiro atoms. The van der Waals surface area contributed by atoms with Gasteiger partial charge in [-0.2, -0.15) is 10.2 Å². The first-order valence-electron chi connectivity index (χ1n) is 7.51. The number of aromatic nitrogens is 1. The maximum atomic E-state index is 12.5. The standard InChI is InChI=1S/C16H14ClN5O2S/c17-12-2-1-9(5-11(12)14(19)23)13-7-21-16(25-13)22(8-18)15(24)10-3-4-20-6-10/h1-2,5,7,10,20H,3-4,6H2,(H2,19,23)/t10-/m0/s1. The van der Waals surface area contributed by atoms with Crippen molar-refractivity contribution in [1.29, 1.82) is 5.26 Å². The van der Waals surface area contributed by atoms with Crippen LogP contribution in [-0.4, -0.2) is 29.9 Å². The molecule has 9 heteroatoms. The number of thiazole rings is 1. The molecule has 7 nitrogen and oxygen atoms in total. The van der Waals surface area contributed by atoms with Crippen molar-refractivity contribution < 1.29 is 9.59 Å². The van der Waals surface area contributed by atoms with Crippen LogP contribution in [0.3, 0.4) is 0 Å². The van der Waals surface area contributed by atoms with Crippen LogP contribution in [0.2, 0.25) is 5.02 Å². The van der Waals surface area contributed by atoms with Crippen molar-refractivity contribution in [2.24, 2.45) is 11.7 Å². The van der Waals surface area contributed by atoms with Crippen LogP contribution in [0.4, 0.5) is 5.13 Å². The molecule has 25 heavy (non-hydrogen) atoms. The van der Waals surface area contributed by atoms with Gasteiger partial charge in [-0.15, -0.1) is 0 Å². The van der Waals surface area contributed by atoms with Gasteiger partial charge >= 0.3 is 0 Å². The first-order valence-corrected chi connectivity index (χ1v) is 8.70. The molecule has 1 aliphatic rings. The van der Waals surface area contributed by atoms with Crippen LogP contribution >= 0.6 is 22.9 Å². The Labute approximate surface area is 153 Å². The number of anilines is 1. The number of carbonyl (C=O) groups is 2. The molecule has 2 heterocycles. The zero-order valence-corrected chi connectivity index (χ0v) is 14.6. The lowest BCUT2D eigenvalue weighted by Gasteiger charge is -2.14. The van der Waals surface area contributed by atoms with E-state index in [-0.39, 0.29) is 22.4 Å². The monoisotopic (exact) mass is 375 g/mol. The fraction of sp³-hybridized carbons (Fsp3) is 0.250. The summed E-state index contributed by atoms with van der Waals surface area (Å²) in [7, 11) is 0. The molecule has 0 aliphatic carbocycles. The Balaban J connectivity index is 1.89. The summed E-state index contributed by atoms with van der Waals surface area (Å²) in [6.07, 6.45) is 4.16. The third kappa shape index (κ3) is 3.49. The Bertz CT molecular complexity index is 870. The molecule has 1 aromatic carbocycles. The van der Waals surface area contributed by atoms with Crippen molar-refractivity contribution in [3.63, 3.8) is 0 Å². The fourth-order valence-electron chi connectivity index (χ4n) is 2.60. The minimum atomic E-state index is -0.626. The minimum absolute atomic E-state index is 0.208. The van der Waals surface area contributed by atoms with Gasteiger partial charge in [-0.3, -0.25) is 9.59 Å². The molecule has 128 valence electrons. The minimum Gasteiger partial charge on any atom is -0.366 e. The van der Waals surface area contributed by atoms with E-state index in [0.29, 0.717) is 28.5 Å². The van der Waals surface area contributed by atoms with Gasteiger partial charge in [0.15, 0.2) is 6.19 Å². The van der Waals surface area contributed by atoms with Gasteiger partial charge in [0.1, 0.15) is 0 Å². The lowest BCUT2D eigenvalue weighted by molar-refractivity contribution is -0.121. The van der Waals surface area contributed by atoms with E-state index in [9.17, 15) is 14.9 Å². The Kier molecular flexibility index (Phi) is 4.99. The van der Waals surface area contributed by atoms with Gasteiger partial charge in [-0.1, -0.05) is 29.0 Å². The van der Waals surface area contributed by atoms with Gasteiger partial charge in [0.25, 0.3) is 0 Å². The lowest BCUT2D eigenvalue weighted by Crippen LogP contribution is -2.33. The predicted octanol–water partition coefficient (Wildman–Crippen LogP) is 1.99. The van der Waals surface area contributed by atoms with Crippen molar-refractivity contribution >= 4 is 39.9 Å². The van der Waals surface area contributed by atoms with Crippen LogP contribution in [0, 0.1) is 17.4 Å². The number of primary amides is 1. The molecule has 0 bridgehead atoms. The largest absolute Gasteiger partial charge is 0.366 e. The van der Waals surface area contributed by atoms with Crippen molar-refractivity contribution in [2.45, 2.75) is 6.42 Å². The summed E-state index contributed by atoms with van der Waals surface area (Å²) in [5.41, 5.74) is 6.21. The number of halogens is 1. The second-order valence-electron chi connectivity index (χ2n) is 5.53. The molecular formula is C16H14ClN5O2S. The molecule has 0 radical (unpaired) electrons. The molecule has 2 amide bonds. The number of amides is 2. The van der Waals surface area contributed by atoms with E-state index < -0.39 is 5.91 Å². The maximum absolute atomic E-state index is 12.5. The highest BCUT2D eigenvalue weighted by molar-refractivity contribution is 7.19. The van der Waals surface area contributed by atoms with E-state index in [1.54, 1.807) is 24.4 Å². The number of hydrogen-bond acceptors (Lipinski definition) is 6. The van der Waals surface area contributed by atoms with Crippen LogP contribution in [0.5, 0.6) is 0 Å². The number of hydrogen-bond donors (Lipinski definition) is 2.